The summed E-state index contributed by atoms with van der Waals surface area (Å²) in [5, 5.41) is 17.1. The lowest BCUT2D eigenvalue weighted by Gasteiger charge is -2.38. The molecule has 3 aromatic carbocycles. The predicted octanol–water partition coefficient (Wildman–Crippen LogP) is 6.01. The van der Waals surface area contributed by atoms with Gasteiger partial charge in [0.25, 0.3) is 5.91 Å². The summed E-state index contributed by atoms with van der Waals surface area (Å²) in [5.41, 5.74) is 3.67. The van der Waals surface area contributed by atoms with Crippen molar-refractivity contribution in [2.75, 3.05) is 32.8 Å². The van der Waals surface area contributed by atoms with Gasteiger partial charge in [0.15, 0.2) is 0 Å². The Morgan fingerprint density at radius 3 is 2.19 bits per heavy atom. The number of aromatic hydroxyl groups is 1. The molecule has 230 valence electrons. The average Bonchev–Trinajstić information content (AvgIpc) is 2.98. The van der Waals surface area contributed by atoms with E-state index in [2.05, 4.69) is 17.0 Å². The third-order valence-electron chi connectivity index (χ3n) is 7.56. The number of carbonyl (C=O) groups excluding carboxylic acids is 1. The molecule has 0 bridgehead atoms. The molecule has 11 heteroatoms. The van der Waals surface area contributed by atoms with Crippen molar-refractivity contribution in [1.29, 1.82) is 0 Å². The number of fused-ring (bicyclic) bond motifs is 1. The van der Waals surface area contributed by atoms with Crippen LogP contribution in [-0.4, -0.2) is 70.9 Å². The van der Waals surface area contributed by atoms with Crippen LogP contribution in [0.25, 0.3) is 0 Å². The van der Waals surface area contributed by atoms with Crippen molar-refractivity contribution < 1.29 is 42.1 Å². The molecule has 1 fully saturated rings. The molecule has 1 saturated heterocycles. The predicted molar refractivity (Wildman–Crippen MR) is 152 cm³/mol. The number of carbonyl (C=O) groups is 2. The number of aliphatic carboxylic acids is 1. The van der Waals surface area contributed by atoms with E-state index < -0.39 is 12.1 Å². The highest BCUT2D eigenvalue weighted by atomic mass is 19.4. The summed E-state index contributed by atoms with van der Waals surface area (Å²) >= 11 is 0. The number of carboxylic acids is 1. The highest BCUT2D eigenvalue weighted by Gasteiger charge is 2.38. The monoisotopic (exact) mass is 602 g/mol. The Kier molecular flexibility index (Phi) is 10.6. The van der Waals surface area contributed by atoms with E-state index in [1.807, 2.05) is 23.1 Å². The highest BCUT2D eigenvalue weighted by Crippen LogP contribution is 2.35. The molecule has 0 aromatic heterocycles. The zero-order chi connectivity index (χ0) is 31.0. The van der Waals surface area contributed by atoms with Crippen molar-refractivity contribution in [3.8, 4) is 11.5 Å². The molecule has 0 saturated carbocycles. The molecule has 0 spiro atoms. The quantitative estimate of drug-likeness (QED) is 0.322. The second-order valence-corrected chi connectivity index (χ2v) is 10.6. The number of phenolic OH excluding ortho intramolecular Hbond substituents is 1. The molecule has 2 aliphatic rings. The van der Waals surface area contributed by atoms with Gasteiger partial charge < -0.3 is 19.8 Å². The first-order valence-corrected chi connectivity index (χ1v) is 14.1. The summed E-state index contributed by atoms with van der Waals surface area (Å²) in [4.78, 5) is 26.6. The van der Waals surface area contributed by atoms with Crippen LogP contribution in [0.15, 0.2) is 66.7 Å². The topological polar surface area (TPSA) is 90.3 Å². The van der Waals surface area contributed by atoms with Crippen LogP contribution in [0.5, 0.6) is 11.5 Å². The van der Waals surface area contributed by atoms with Crippen LogP contribution in [-0.2, 0) is 17.6 Å². The zero-order valence-electron chi connectivity index (χ0n) is 23.5. The third-order valence-corrected chi connectivity index (χ3v) is 7.56. The minimum atomic E-state index is -5.08. The number of ether oxygens (including phenoxy) is 1. The van der Waals surface area contributed by atoms with Gasteiger partial charge in [0.1, 0.15) is 23.9 Å². The minimum absolute atomic E-state index is 0.114. The van der Waals surface area contributed by atoms with Crippen molar-refractivity contribution in [2.24, 2.45) is 0 Å². The maximum atomic E-state index is 13.4. The first kappa shape index (κ1) is 31.8. The van der Waals surface area contributed by atoms with E-state index in [-0.39, 0.29) is 23.5 Å². The number of alkyl halides is 3. The number of amides is 1. The molecular weight excluding hydrogens is 568 g/mol. The molecule has 0 radical (unpaired) electrons. The molecule has 5 rings (SSSR count). The van der Waals surface area contributed by atoms with E-state index in [9.17, 15) is 27.5 Å². The van der Waals surface area contributed by atoms with E-state index in [0.29, 0.717) is 31.6 Å². The van der Waals surface area contributed by atoms with Gasteiger partial charge in [-0.2, -0.15) is 13.2 Å². The first-order chi connectivity index (χ1) is 20.5. The van der Waals surface area contributed by atoms with Crippen molar-refractivity contribution >= 4 is 11.9 Å². The smallest absolute Gasteiger partial charge is 0.490 e. The molecular formula is C32H34F4N2O5. The molecule has 2 heterocycles. The van der Waals surface area contributed by atoms with Crippen LogP contribution in [0.1, 0.15) is 52.4 Å². The van der Waals surface area contributed by atoms with Gasteiger partial charge in [0.05, 0.1) is 6.04 Å². The summed E-state index contributed by atoms with van der Waals surface area (Å²) in [6, 6.07) is 19.0. The molecule has 1 amide bonds. The number of hydrogen-bond acceptors (Lipinski definition) is 5. The van der Waals surface area contributed by atoms with Gasteiger partial charge in [-0.25, -0.2) is 9.18 Å². The van der Waals surface area contributed by atoms with Crippen LogP contribution in [0, 0.1) is 5.82 Å². The van der Waals surface area contributed by atoms with Gasteiger partial charge >= 0.3 is 12.1 Å². The fourth-order valence-corrected chi connectivity index (χ4v) is 5.34. The third kappa shape index (κ3) is 8.93. The molecule has 3 aromatic rings. The molecule has 2 aliphatic heterocycles. The standard InChI is InChI=1S/C30H33FN2O3.C2HF3O2/c31-25-8-6-23(7-9-25)30(35)33-17-14-24-21-26(34)10-13-28(24)29(33)20-22-4-11-27(12-5-22)36-19-18-32-15-2-1-3-16-32;3-2(4,5)1(6)7/h4-13,21,29,34H,1-3,14-20H2;(H,6,7). The van der Waals surface area contributed by atoms with Crippen molar-refractivity contribution in [3.63, 3.8) is 0 Å². The number of phenols is 1. The summed E-state index contributed by atoms with van der Waals surface area (Å²) in [6.07, 6.45) is 0.104. The number of rotatable bonds is 7. The van der Waals surface area contributed by atoms with Gasteiger partial charge in [-0.3, -0.25) is 9.69 Å². The number of nitrogens with zero attached hydrogens (tertiary/aromatic N) is 2. The number of hydrogen-bond donors (Lipinski definition) is 2. The maximum Gasteiger partial charge on any atom is 0.490 e. The number of carboxylic acid groups (broad SMARTS) is 1. The largest absolute Gasteiger partial charge is 0.508 e. The fraction of sp³-hybridized carbons (Fsp3) is 0.375. The van der Waals surface area contributed by atoms with Crippen molar-refractivity contribution in [1.82, 2.24) is 9.80 Å². The molecule has 1 atom stereocenters. The fourth-order valence-electron chi connectivity index (χ4n) is 5.34. The Labute approximate surface area is 247 Å². The zero-order valence-corrected chi connectivity index (χ0v) is 23.5. The van der Waals surface area contributed by atoms with Crippen molar-refractivity contribution in [3.05, 3.63) is 94.8 Å². The lowest BCUT2D eigenvalue weighted by atomic mass is 9.88. The number of halogens is 4. The van der Waals surface area contributed by atoms with Gasteiger partial charge in [0.2, 0.25) is 0 Å². The van der Waals surface area contributed by atoms with E-state index in [1.54, 1.807) is 12.1 Å². The Balaban J connectivity index is 0.000000541. The second kappa shape index (κ2) is 14.4. The normalized spacial score (nSPS) is 16.9. The summed E-state index contributed by atoms with van der Waals surface area (Å²) in [7, 11) is 0. The van der Waals surface area contributed by atoms with Crippen LogP contribution >= 0.6 is 0 Å². The molecule has 43 heavy (non-hydrogen) atoms. The van der Waals surface area contributed by atoms with E-state index in [4.69, 9.17) is 14.6 Å². The van der Waals surface area contributed by atoms with Crippen LogP contribution in [0.2, 0.25) is 0 Å². The van der Waals surface area contributed by atoms with Gasteiger partial charge in [-0.05, 0) is 104 Å². The molecule has 1 unspecified atom stereocenters. The first-order valence-electron chi connectivity index (χ1n) is 14.1. The van der Waals surface area contributed by atoms with E-state index in [1.165, 1.54) is 43.5 Å². The van der Waals surface area contributed by atoms with Gasteiger partial charge in [0, 0.05) is 18.7 Å². The average molecular weight is 603 g/mol. The molecule has 2 N–H and O–H groups in total. The Bertz CT molecular complexity index is 1370. The lowest BCUT2D eigenvalue weighted by Crippen LogP contribution is -2.41. The minimum Gasteiger partial charge on any atom is -0.508 e. The summed E-state index contributed by atoms with van der Waals surface area (Å²) in [5.74, 6) is -2.15. The van der Waals surface area contributed by atoms with Gasteiger partial charge in [-0.1, -0.05) is 24.6 Å². The summed E-state index contributed by atoms with van der Waals surface area (Å²) in [6.45, 7) is 4.49. The molecule has 0 aliphatic carbocycles. The number of benzene rings is 3. The number of piperidine rings is 1. The van der Waals surface area contributed by atoms with Crippen molar-refractivity contribution in [2.45, 2.75) is 44.3 Å². The SMILES string of the molecule is O=C(O)C(F)(F)F.O=C(c1ccc(F)cc1)N1CCc2cc(O)ccc2C1Cc1ccc(OCCN2CCCCC2)cc1. The van der Waals surface area contributed by atoms with Crippen LogP contribution in [0.4, 0.5) is 17.6 Å². The lowest BCUT2D eigenvalue weighted by molar-refractivity contribution is -0.192. The van der Waals surface area contributed by atoms with E-state index >= 15 is 0 Å². The molecule has 7 nitrogen and oxygen atoms in total. The van der Waals surface area contributed by atoms with Crippen LogP contribution < -0.4 is 4.74 Å². The van der Waals surface area contributed by atoms with Gasteiger partial charge in [-0.15, -0.1) is 0 Å². The highest BCUT2D eigenvalue weighted by molar-refractivity contribution is 5.94. The summed E-state index contributed by atoms with van der Waals surface area (Å²) < 4.78 is 51.2. The Morgan fingerprint density at radius 2 is 1.56 bits per heavy atom. The second-order valence-electron chi connectivity index (χ2n) is 10.6. The van der Waals surface area contributed by atoms with E-state index in [0.717, 1.165) is 42.1 Å². The number of likely N-dealkylation sites (tertiary alicyclic amines) is 1. The van der Waals surface area contributed by atoms with Crippen LogP contribution in [0.3, 0.4) is 0 Å². The maximum absolute atomic E-state index is 13.4. The Morgan fingerprint density at radius 1 is 0.907 bits per heavy atom. The Hall–Kier alpha value is -4.12.